The summed E-state index contributed by atoms with van der Waals surface area (Å²) in [4.78, 5) is 2.23. The Morgan fingerprint density at radius 1 is 1.21 bits per heavy atom. The second kappa shape index (κ2) is 5.22. The van der Waals surface area contributed by atoms with E-state index in [9.17, 15) is 8.42 Å². The van der Waals surface area contributed by atoms with Crippen molar-refractivity contribution in [2.24, 2.45) is 5.14 Å². The molecule has 0 bridgehead atoms. The maximum atomic E-state index is 11.4. The molecule has 1 saturated heterocycles. The first kappa shape index (κ1) is 14.5. The molecule has 0 spiro atoms. The molecule has 1 aliphatic heterocycles. The number of nitrogens with zero attached hydrogens (tertiary/aromatic N) is 1. The minimum Gasteiger partial charge on any atom is -0.399 e. The van der Waals surface area contributed by atoms with Gasteiger partial charge in [-0.3, -0.25) is 0 Å². The lowest BCUT2D eigenvalue weighted by Crippen LogP contribution is -2.40. The van der Waals surface area contributed by atoms with E-state index in [4.69, 9.17) is 10.9 Å². The molecule has 1 fully saturated rings. The Morgan fingerprint density at radius 2 is 1.79 bits per heavy atom. The summed E-state index contributed by atoms with van der Waals surface area (Å²) in [6.45, 7) is 6.09. The average Bonchev–Trinajstić information content (AvgIpc) is 2.25. The summed E-state index contributed by atoms with van der Waals surface area (Å²) in [6, 6.07) is 4.79. The summed E-state index contributed by atoms with van der Waals surface area (Å²) in [5, 5.41) is 6.18. The zero-order valence-electron chi connectivity index (χ0n) is 11.0. The van der Waals surface area contributed by atoms with Crippen molar-refractivity contribution in [1.29, 1.82) is 0 Å². The average molecular weight is 301 g/mol. The van der Waals surface area contributed by atoms with Gasteiger partial charge in [0, 0.05) is 35.0 Å². The molecule has 0 aromatic heterocycles. The van der Waals surface area contributed by atoms with Gasteiger partial charge < -0.3 is 10.6 Å². The van der Waals surface area contributed by atoms with Gasteiger partial charge in [-0.25, -0.2) is 13.6 Å². The van der Waals surface area contributed by atoms with Gasteiger partial charge in [0.15, 0.2) is 0 Å². The Kier molecular flexibility index (Phi) is 3.98. The van der Waals surface area contributed by atoms with E-state index in [2.05, 4.69) is 18.7 Å². The number of hydrogen-bond acceptors (Lipinski definition) is 5. The van der Waals surface area contributed by atoms with Gasteiger partial charge in [0.05, 0.1) is 4.90 Å². The van der Waals surface area contributed by atoms with E-state index in [-0.39, 0.29) is 4.90 Å². The summed E-state index contributed by atoms with van der Waals surface area (Å²) in [7, 11) is -3.73. The molecule has 2 atom stereocenters. The quantitative estimate of drug-likeness (QED) is 0.802. The van der Waals surface area contributed by atoms with Gasteiger partial charge >= 0.3 is 0 Å². The van der Waals surface area contributed by atoms with Crippen molar-refractivity contribution in [3.63, 3.8) is 0 Å². The highest BCUT2D eigenvalue weighted by molar-refractivity contribution is 8.00. The monoisotopic (exact) mass is 301 g/mol. The summed E-state index contributed by atoms with van der Waals surface area (Å²) < 4.78 is 22.9. The van der Waals surface area contributed by atoms with E-state index >= 15 is 0 Å². The van der Waals surface area contributed by atoms with Gasteiger partial charge in [0.2, 0.25) is 10.0 Å². The molecule has 0 radical (unpaired) electrons. The molecule has 0 amide bonds. The van der Waals surface area contributed by atoms with Crippen molar-refractivity contribution >= 4 is 33.2 Å². The Balaban J connectivity index is 2.37. The van der Waals surface area contributed by atoms with Crippen LogP contribution in [0, 0.1) is 0 Å². The first-order chi connectivity index (χ1) is 8.75. The number of benzene rings is 1. The molecule has 2 unspecified atom stereocenters. The van der Waals surface area contributed by atoms with Crippen LogP contribution in [0.1, 0.15) is 13.8 Å². The molecule has 1 aliphatic rings. The van der Waals surface area contributed by atoms with Crippen LogP contribution >= 0.6 is 11.8 Å². The Labute approximate surface area is 118 Å². The second-order valence-electron chi connectivity index (χ2n) is 4.97. The zero-order valence-corrected chi connectivity index (χ0v) is 12.7. The van der Waals surface area contributed by atoms with Crippen LogP contribution in [0.4, 0.5) is 11.4 Å². The molecule has 5 nitrogen and oxygen atoms in total. The number of nitrogen functional groups attached to an aromatic ring is 1. The molecule has 7 heteroatoms. The Hall–Kier alpha value is -0.920. The van der Waals surface area contributed by atoms with Crippen LogP contribution in [0.3, 0.4) is 0 Å². The number of hydrogen-bond donors (Lipinski definition) is 2. The fourth-order valence-corrected chi connectivity index (χ4v) is 4.25. The smallest absolute Gasteiger partial charge is 0.238 e. The van der Waals surface area contributed by atoms with Crippen molar-refractivity contribution in [3.05, 3.63) is 18.2 Å². The zero-order chi connectivity index (χ0) is 14.2. The highest BCUT2D eigenvalue weighted by Crippen LogP contribution is 2.30. The normalized spacial score (nSPS) is 24.5. The maximum Gasteiger partial charge on any atom is 0.238 e. The molecule has 106 valence electrons. The molecular weight excluding hydrogens is 282 g/mol. The predicted molar refractivity (Wildman–Crippen MR) is 81.0 cm³/mol. The lowest BCUT2D eigenvalue weighted by Gasteiger charge is -2.36. The molecule has 0 saturated carbocycles. The van der Waals surface area contributed by atoms with E-state index in [1.807, 2.05) is 11.8 Å². The maximum absolute atomic E-state index is 11.4. The predicted octanol–water partition coefficient (Wildman–Crippen LogP) is 1.25. The lowest BCUT2D eigenvalue weighted by atomic mass is 10.2. The van der Waals surface area contributed by atoms with Crippen LogP contribution in [0.25, 0.3) is 0 Å². The Bertz CT molecular complexity index is 564. The molecule has 1 heterocycles. The van der Waals surface area contributed by atoms with Crippen molar-refractivity contribution < 1.29 is 8.42 Å². The third kappa shape index (κ3) is 3.55. The van der Waals surface area contributed by atoms with Gasteiger partial charge in [-0.1, -0.05) is 13.8 Å². The minimum atomic E-state index is -3.73. The first-order valence-corrected chi connectivity index (χ1v) is 8.58. The third-order valence-electron chi connectivity index (χ3n) is 3.03. The number of anilines is 2. The van der Waals surface area contributed by atoms with Crippen molar-refractivity contribution in [3.8, 4) is 0 Å². The fourth-order valence-electron chi connectivity index (χ4n) is 2.34. The molecular formula is C12H19N3O2S2. The molecule has 2 rings (SSSR count). The lowest BCUT2D eigenvalue weighted by molar-refractivity contribution is 0.597. The summed E-state index contributed by atoms with van der Waals surface area (Å²) >= 11 is 1.94. The standard InChI is InChI=1S/C12H19N3O2S2/c1-8-6-15(7-9(2)18-8)11-3-10(13)4-12(5-11)19(14,16)17/h3-5,8-9H,6-7,13H2,1-2H3,(H2,14,16,17). The molecule has 0 aliphatic carbocycles. The summed E-state index contributed by atoms with van der Waals surface area (Å²) in [6.07, 6.45) is 0. The van der Waals surface area contributed by atoms with Gasteiger partial charge in [-0.15, -0.1) is 0 Å². The number of rotatable bonds is 2. The first-order valence-electron chi connectivity index (χ1n) is 6.09. The van der Waals surface area contributed by atoms with E-state index < -0.39 is 10.0 Å². The minimum absolute atomic E-state index is 0.0704. The van der Waals surface area contributed by atoms with Crippen LogP contribution in [-0.4, -0.2) is 32.0 Å². The number of sulfonamides is 1. The molecule has 4 N–H and O–H groups in total. The molecule has 1 aromatic carbocycles. The van der Waals surface area contributed by atoms with Gasteiger partial charge in [-0.2, -0.15) is 11.8 Å². The highest BCUT2D eigenvalue weighted by Gasteiger charge is 2.23. The Morgan fingerprint density at radius 3 is 2.32 bits per heavy atom. The SMILES string of the molecule is CC1CN(c2cc(N)cc(S(N)(=O)=O)c2)CC(C)S1. The van der Waals surface area contributed by atoms with Crippen LogP contribution in [-0.2, 0) is 10.0 Å². The highest BCUT2D eigenvalue weighted by atomic mass is 32.2. The van der Waals surface area contributed by atoms with Crippen LogP contribution in [0.2, 0.25) is 0 Å². The van der Waals surface area contributed by atoms with E-state index in [1.54, 1.807) is 12.1 Å². The third-order valence-corrected chi connectivity index (χ3v) is 5.15. The fraction of sp³-hybridized carbons (Fsp3) is 0.500. The molecule has 1 aromatic rings. The number of primary sulfonamides is 1. The van der Waals surface area contributed by atoms with Crippen molar-refractivity contribution in [2.45, 2.75) is 29.2 Å². The summed E-state index contributed by atoms with van der Waals surface area (Å²) in [5.41, 5.74) is 7.02. The van der Waals surface area contributed by atoms with Gasteiger partial charge in [0.25, 0.3) is 0 Å². The van der Waals surface area contributed by atoms with Gasteiger partial charge in [-0.05, 0) is 18.2 Å². The van der Waals surface area contributed by atoms with Crippen molar-refractivity contribution in [1.82, 2.24) is 0 Å². The largest absolute Gasteiger partial charge is 0.399 e. The second-order valence-corrected chi connectivity index (χ2v) is 8.41. The van der Waals surface area contributed by atoms with Crippen molar-refractivity contribution in [2.75, 3.05) is 23.7 Å². The van der Waals surface area contributed by atoms with Crippen LogP contribution in [0.15, 0.2) is 23.1 Å². The number of thioether (sulfide) groups is 1. The summed E-state index contributed by atoms with van der Waals surface area (Å²) in [5.74, 6) is 0. The van der Waals surface area contributed by atoms with E-state index in [1.165, 1.54) is 6.07 Å². The van der Waals surface area contributed by atoms with E-state index in [0.29, 0.717) is 16.2 Å². The number of nitrogens with two attached hydrogens (primary N) is 2. The topological polar surface area (TPSA) is 89.4 Å². The van der Waals surface area contributed by atoms with Crippen LogP contribution < -0.4 is 15.8 Å². The van der Waals surface area contributed by atoms with Gasteiger partial charge in [0.1, 0.15) is 0 Å². The van der Waals surface area contributed by atoms with E-state index in [0.717, 1.165) is 18.8 Å². The molecule has 19 heavy (non-hydrogen) atoms. The van der Waals surface area contributed by atoms with Crippen LogP contribution in [0.5, 0.6) is 0 Å².